The molecule has 28 heavy (non-hydrogen) atoms. The van der Waals surface area contributed by atoms with Crippen LogP contribution in [0.3, 0.4) is 0 Å². The summed E-state index contributed by atoms with van der Waals surface area (Å²) in [5, 5.41) is 3.10. The van der Waals surface area contributed by atoms with Gasteiger partial charge in [-0.05, 0) is 42.5 Å². The Morgan fingerprint density at radius 3 is 2.43 bits per heavy atom. The third kappa shape index (κ3) is 4.99. The Balaban J connectivity index is 1.53. The number of hydrogen-bond acceptors (Lipinski definition) is 5. The zero-order valence-electron chi connectivity index (χ0n) is 15.5. The minimum atomic E-state index is -0.496. The van der Waals surface area contributed by atoms with Gasteiger partial charge in [0.2, 0.25) is 5.91 Å². The smallest absolute Gasteiger partial charge is 0.337 e. The molecule has 0 atom stereocenters. The van der Waals surface area contributed by atoms with E-state index >= 15 is 0 Å². The summed E-state index contributed by atoms with van der Waals surface area (Å²) >= 11 is 6.12. The number of carbonyl (C=O) groups is 2. The highest BCUT2D eigenvalue weighted by molar-refractivity contribution is 6.33. The van der Waals surface area contributed by atoms with E-state index in [-0.39, 0.29) is 18.3 Å². The number of carbonyl (C=O) groups excluding carboxylic acids is 2. The van der Waals surface area contributed by atoms with Crippen LogP contribution in [0.15, 0.2) is 42.5 Å². The van der Waals surface area contributed by atoms with Gasteiger partial charge in [0.1, 0.15) is 5.82 Å². The van der Waals surface area contributed by atoms with Crippen molar-refractivity contribution >= 4 is 34.9 Å². The summed E-state index contributed by atoms with van der Waals surface area (Å²) in [4.78, 5) is 28.2. The van der Waals surface area contributed by atoms with Crippen molar-refractivity contribution in [2.75, 3.05) is 50.1 Å². The van der Waals surface area contributed by atoms with Crippen LogP contribution in [0.25, 0.3) is 0 Å². The molecule has 0 unspecified atom stereocenters. The summed E-state index contributed by atoms with van der Waals surface area (Å²) in [6.45, 7) is 3.13. The molecule has 8 heteroatoms. The van der Waals surface area contributed by atoms with Crippen molar-refractivity contribution < 1.29 is 18.7 Å². The quantitative estimate of drug-likeness (QED) is 0.775. The van der Waals surface area contributed by atoms with E-state index in [9.17, 15) is 14.0 Å². The van der Waals surface area contributed by atoms with E-state index in [0.29, 0.717) is 29.4 Å². The van der Waals surface area contributed by atoms with Crippen molar-refractivity contribution in [3.63, 3.8) is 0 Å². The molecule has 0 bridgehead atoms. The van der Waals surface area contributed by atoms with Crippen LogP contribution in [0.4, 0.5) is 15.8 Å². The number of methoxy groups -OCH3 is 1. The van der Waals surface area contributed by atoms with Crippen molar-refractivity contribution in [1.82, 2.24) is 4.90 Å². The normalized spacial score (nSPS) is 14.6. The Kier molecular flexibility index (Phi) is 6.49. The van der Waals surface area contributed by atoms with Crippen molar-refractivity contribution in [1.29, 1.82) is 0 Å². The lowest BCUT2D eigenvalue weighted by atomic mass is 10.2. The lowest BCUT2D eigenvalue weighted by Crippen LogP contribution is -2.48. The number of nitrogens with zero attached hydrogens (tertiary/aromatic N) is 2. The second-order valence-electron chi connectivity index (χ2n) is 6.47. The molecule has 2 aromatic carbocycles. The van der Waals surface area contributed by atoms with Crippen LogP contribution >= 0.6 is 11.6 Å². The molecule has 6 nitrogen and oxygen atoms in total. The summed E-state index contributed by atoms with van der Waals surface area (Å²) < 4.78 is 17.7. The lowest BCUT2D eigenvalue weighted by molar-refractivity contribution is -0.117. The summed E-state index contributed by atoms with van der Waals surface area (Å²) in [5.41, 5.74) is 1.66. The maximum absolute atomic E-state index is 13.0. The number of hydrogen-bond donors (Lipinski definition) is 1. The predicted octanol–water partition coefficient (Wildman–Crippen LogP) is 3.03. The second-order valence-corrected chi connectivity index (χ2v) is 6.88. The fourth-order valence-corrected chi connectivity index (χ4v) is 3.24. The van der Waals surface area contributed by atoms with Gasteiger partial charge in [0.25, 0.3) is 0 Å². The van der Waals surface area contributed by atoms with Gasteiger partial charge in [0, 0.05) is 31.9 Å². The molecule has 1 aliphatic heterocycles. The maximum Gasteiger partial charge on any atom is 0.337 e. The molecule has 0 aromatic heterocycles. The zero-order valence-corrected chi connectivity index (χ0v) is 16.2. The number of piperazine rings is 1. The molecule has 1 heterocycles. The topological polar surface area (TPSA) is 61.9 Å². The van der Waals surface area contributed by atoms with Gasteiger partial charge < -0.3 is 15.0 Å². The van der Waals surface area contributed by atoms with Crippen LogP contribution in [0.1, 0.15) is 10.4 Å². The molecule has 3 rings (SSSR count). The molecule has 1 amide bonds. The van der Waals surface area contributed by atoms with Crippen LogP contribution in [0.2, 0.25) is 5.02 Å². The third-order valence-corrected chi connectivity index (χ3v) is 4.92. The largest absolute Gasteiger partial charge is 0.465 e. The number of esters is 1. The standard InChI is InChI=1S/C20H21ClFN3O3/c1-28-20(27)14-2-7-17(21)18(12-14)23-19(26)13-24-8-10-25(11-9-24)16-5-3-15(22)4-6-16/h2-7,12H,8-11,13H2,1H3,(H,23,26). The van der Waals surface area contributed by atoms with Gasteiger partial charge in [-0.15, -0.1) is 0 Å². The van der Waals surface area contributed by atoms with Crippen LogP contribution in [0.5, 0.6) is 0 Å². The first-order valence-electron chi connectivity index (χ1n) is 8.87. The zero-order chi connectivity index (χ0) is 20.1. The van der Waals surface area contributed by atoms with E-state index in [1.807, 2.05) is 4.90 Å². The third-order valence-electron chi connectivity index (χ3n) is 4.59. The number of rotatable bonds is 5. The van der Waals surface area contributed by atoms with Crippen LogP contribution in [-0.4, -0.2) is 56.6 Å². The van der Waals surface area contributed by atoms with E-state index in [0.717, 1.165) is 18.8 Å². The lowest BCUT2D eigenvalue weighted by Gasteiger charge is -2.35. The van der Waals surface area contributed by atoms with Crippen molar-refractivity contribution in [3.8, 4) is 0 Å². The average molecular weight is 406 g/mol. The van der Waals surface area contributed by atoms with Gasteiger partial charge in [0.05, 0.1) is 29.9 Å². The molecule has 1 fully saturated rings. The molecule has 0 aliphatic carbocycles. The molecule has 0 radical (unpaired) electrons. The van der Waals surface area contributed by atoms with Crippen LogP contribution in [-0.2, 0) is 9.53 Å². The predicted molar refractivity (Wildman–Crippen MR) is 106 cm³/mol. The highest BCUT2D eigenvalue weighted by Gasteiger charge is 2.20. The van der Waals surface area contributed by atoms with Gasteiger partial charge in [-0.25, -0.2) is 9.18 Å². The summed E-state index contributed by atoms with van der Waals surface area (Å²) in [6.07, 6.45) is 0. The Morgan fingerprint density at radius 1 is 1.11 bits per heavy atom. The number of halogens is 2. The van der Waals surface area contributed by atoms with Crippen LogP contribution < -0.4 is 10.2 Å². The molecule has 0 spiro atoms. The molecular weight excluding hydrogens is 385 g/mol. The first-order chi connectivity index (χ1) is 13.5. The van der Waals surface area contributed by atoms with E-state index in [4.69, 9.17) is 11.6 Å². The Bertz CT molecular complexity index is 852. The number of amides is 1. The molecule has 148 valence electrons. The Morgan fingerprint density at radius 2 is 1.79 bits per heavy atom. The number of nitrogens with one attached hydrogen (secondary N) is 1. The number of anilines is 2. The molecule has 1 N–H and O–H groups in total. The molecule has 0 saturated carbocycles. The van der Waals surface area contributed by atoms with Crippen molar-refractivity contribution in [2.24, 2.45) is 0 Å². The average Bonchev–Trinajstić information content (AvgIpc) is 2.70. The van der Waals surface area contributed by atoms with Gasteiger partial charge >= 0.3 is 5.97 Å². The summed E-state index contributed by atoms with van der Waals surface area (Å²) in [6, 6.07) is 11.0. The monoisotopic (exact) mass is 405 g/mol. The van der Waals surface area contributed by atoms with Gasteiger partial charge in [-0.3, -0.25) is 9.69 Å². The summed E-state index contributed by atoms with van der Waals surface area (Å²) in [7, 11) is 1.29. The van der Waals surface area contributed by atoms with E-state index in [1.165, 1.54) is 25.3 Å². The number of ether oxygens (including phenoxy) is 1. The SMILES string of the molecule is COC(=O)c1ccc(Cl)c(NC(=O)CN2CCN(c3ccc(F)cc3)CC2)c1. The van der Waals surface area contributed by atoms with Crippen molar-refractivity contribution in [2.45, 2.75) is 0 Å². The van der Waals surface area contributed by atoms with E-state index < -0.39 is 5.97 Å². The second kappa shape index (κ2) is 9.03. The van der Waals surface area contributed by atoms with E-state index in [2.05, 4.69) is 15.0 Å². The van der Waals surface area contributed by atoms with Gasteiger partial charge in [-0.1, -0.05) is 11.6 Å². The summed E-state index contributed by atoms with van der Waals surface area (Å²) in [5.74, 6) is -0.961. The maximum atomic E-state index is 13.0. The highest BCUT2D eigenvalue weighted by atomic mass is 35.5. The minimum absolute atomic E-state index is 0.209. The Hall–Kier alpha value is -2.64. The van der Waals surface area contributed by atoms with Crippen LogP contribution in [0, 0.1) is 5.82 Å². The Labute approximate surface area is 167 Å². The molecule has 1 aliphatic rings. The minimum Gasteiger partial charge on any atom is -0.465 e. The highest BCUT2D eigenvalue weighted by Crippen LogP contribution is 2.23. The van der Waals surface area contributed by atoms with Crippen molar-refractivity contribution in [3.05, 3.63) is 58.9 Å². The fraction of sp³-hybridized carbons (Fsp3) is 0.300. The fourth-order valence-electron chi connectivity index (χ4n) is 3.07. The molecule has 1 saturated heterocycles. The molecule has 2 aromatic rings. The number of benzene rings is 2. The van der Waals surface area contributed by atoms with Gasteiger partial charge in [0.15, 0.2) is 0 Å². The first-order valence-corrected chi connectivity index (χ1v) is 9.24. The van der Waals surface area contributed by atoms with E-state index in [1.54, 1.807) is 24.3 Å². The first kappa shape index (κ1) is 20.1. The van der Waals surface area contributed by atoms with Gasteiger partial charge in [-0.2, -0.15) is 0 Å². The molecular formula is C20H21ClFN3O3.